The van der Waals surface area contributed by atoms with Crippen molar-refractivity contribution in [3.8, 4) is 28.5 Å². The second-order valence-corrected chi connectivity index (χ2v) is 8.65. The molecule has 7 heteroatoms. The number of aromatic amines is 1. The van der Waals surface area contributed by atoms with E-state index >= 15 is 0 Å². The number of H-pyrrole nitrogens is 1. The largest absolute Gasteiger partial charge is 0.491 e. The van der Waals surface area contributed by atoms with Crippen molar-refractivity contribution in [2.75, 3.05) is 6.26 Å². The lowest BCUT2D eigenvalue weighted by Crippen LogP contribution is -2.06. The highest BCUT2D eigenvalue weighted by atomic mass is 32.2. The molecule has 0 aliphatic carbocycles. The summed E-state index contributed by atoms with van der Waals surface area (Å²) in [5.41, 5.74) is 1.17. The predicted octanol–water partition coefficient (Wildman–Crippen LogP) is 4.02. The molecule has 0 bridgehead atoms. The lowest BCUT2D eigenvalue weighted by molar-refractivity contribution is 0.241. The molecule has 0 spiro atoms. The van der Waals surface area contributed by atoms with E-state index in [2.05, 4.69) is 4.98 Å². The third kappa shape index (κ3) is 5.01. The van der Waals surface area contributed by atoms with Gasteiger partial charge in [0, 0.05) is 29.6 Å². The molecule has 0 saturated carbocycles. The minimum absolute atomic E-state index is 0.0352. The number of sulfone groups is 1. The molecule has 6 nitrogen and oxygen atoms in total. The highest BCUT2D eigenvalue weighted by Crippen LogP contribution is 2.32. The van der Waals surface area contributed by atoms with Crippen LogP contribution in [-0.2, 0) is 9.84 Å². The van der Waals surface area contributed by atoms with Gasteiger partial charge < -0.3 is 14.5 Å². The Morgan fingerprint density at radius 3 is 2.18 bits per heavy atom. The first-order valence-corrected chi connectivity index (χ1v) is 10.6. The van der Waals surface area contributed by atoms with Crippen LogP contribution in [0.3, 0.4) is 0 Å². The Kier molecular flexibility index (Phi) is 5.56. The van der Waals surface area contributed by atoms with Crippen LogP contribution in [0.25, 0.3) is 11.3 Å². The van der Waals surface area contributed by atoms with Crippen LogP contribution in [0.1, 0.15) is 13.8 Å². The molecule has 0 atom stereocenters. The Hall–Kier alpha value is -3.06. The van der Waals surface area contributed by atoms with Gasteiger partial charge in [-0.25, -0.2) is 8.42 Å². The van der Waals surface area contributed by atoms with Gasteiger partial charge in [-0.1, -0.05) is 6.07 Å². The summed E-state index contributed by atoms with van der Waals surface area (Å²) in [7, 11) is -3.27. The van der Waals surface area contributed by atoms with E-state index in [4.69, 9.17) is 9.47 Å². The minimum Gasteiger partial charge on any atom is -0.491 e. The van der Waals surface area contributed by atoms with E-state index in [9.17, 15) is 13.2 Å². The Morgan fingerprint density at radius 2 is 1.57 bits per heavy atom. The van der Waals surface area contributed by atoms with Gasteiger partial charge in [0.05, 0.1) is 11.0 Å². The van der Waals surface area contributed by atoms with E-state index in [0.29, 0.717) is 22.9 Å². The van der Waals surface area contributed by atoms with Crippen molar-refractivity contribution in [3.05, 3.63) is 71.0 Å². The van der Waals surface area contributed by atoms with Crippen molar-refractivity contribution in [3.63, 3.8) is 0 Å². The molecule has 0 amide bonds. The van der Waals surface area contributed by atoms with Gasteiger partial charge in [-0.3, -0.25) is 4.79 Å². The number of hydrogen-bond acceptors (Lipinski definition) is 5. The number of benzene rings is 2. The van der Waals surface area contributed by atoms with Gasteiger partial charge in [-0.05, 0) is 56.3 Å². The molecule has 3 rings (SSSR count). The molecule has 1 N–H and O–H groups in total. The van der Waals surface area contributed by atoms with E-state index in [1.54, 1.807) is 36.4 Å². The third-order valence-electron chi connectivity index (χ3n) is 3.82. The number of hydrogen-bond donors (Lipinski definition) is 1. The van der Waals surface area contributed by atoms with Gasteiger partial charge in [-0.2, -0.15) is 0 Å². The summed E-state index contributed by atoms with van der Waals surface area (Å²) in [6, 6.07) is 16.4. The van der Waals surface area contributed by atoms with Crippen LogP contribution in [0.5, 0.6) is 17.2 Å². The zero-order valence-electron chi connectivity index (χ0n) is 15.8. The molecule has 0 saturated heterocycles. The average Bonchev–Trinajstić information content (AvgIpc) is 2.60. The maximum atomic E-state index is 11.6. The van der Waals surface area contributed by atoms with Crippen LogP contribution in [0.4, 0.5) is 0 Å². The SMILES string of the molecule is CC(C)Oc1cc(Oc2ccc(S(C)(=O)=O)cc2)cc(-c2cccc(=O)[nH]2)c1. The van der Waals surface area contributed by atoms with Crippen molar-refractivity contribution >= 4 is 9.84 Å². The molecule has 28 heavy (non-hydrogen) atoms. The summed E-state index contributed by atoms with van der Waals surface area (Å²) in [6.45, 7) is 3.84. The molecule has 0 radical (unpaired) electrons. The highest BCUT2D eigenvalue weighted by Gasteiger charge is 2.10. The fourth-order valence-corrected chi connectivity index (χ4v) is 3.26. The van der Waals surface area contributed by atoms with E-state index in [0.717, 1.165) is 11.8 Å². The van der Waals surface area contributed by atoms with Crippen molar-refractivity contribution in [1.82, 2.24) is 4.98 Å². The van der Waals surface area contributed by atoms with Gasteiger partial charge in [0.25, 0.3) is 0 Å². The Labute approximate surface area is 163 Å². The number of rotatable bonds is 6. The van der Waals surface area contributed by atoms with E-state index in [1.165, 1.54) is 18.2 Å². The average molecular weight is 399 g/mol. The minimum atomic E-state index is -3.27. The molecule has 3 aromatic rings. The van der Waals surface area contributed by atoms with Gasteiger partial charge in [0.1, 0.15) is 17.2 Å². The van der Waals surface area contributed by atoms with Crippen LogP contribution >= 0.6 is 0 Å². The molecule has 0 unspecified atom stereocenters. The quantitative estimate of drug-likeness (QED) is 0.676. The van der Waals surface area contributed by atoms with Crippen LogP contribution in [-0.4, -0.2) is 25.8 Å². The summed E-state index contributed by atoms with van der Waals surface area (Å²) in [5.74, 6) is 1.59. The van der Waals surface area contributed by atoms with Crippen molar-refractivity contribution in [2.24, 2.45) is 0 Å². The summed E-state index contributed by atoms with van der Waals surface area (Å²) < 4.78 is 34.9. The zero-order valence-corrected chi connectivity index (χ0v) is 16.6. The number of pyridine rings is 1. The Bertz CT molecular complexity index is 1130. The predicted molar refractivity (Wildman–Crippen MR) is 108 cm³/mol. The van der Waals surface area contributed by atoms with Crippen LogP contribution in [0.15, 0.2) is 70.4 Å². The summed E-state index contributed by atoms with van der Waals surface area (Å²) in [5, 5.41) is 0. The second-order valence-electron chi connectivity index (χ2n) is 6.63. The van der Waals surface area contributed by atoms with Crippen LogP contribution in [0, 0.1) is 0 Å². The van der Waals surface area contributed by atoms with Crippen molar-refractivity contribution in [2.45, 2.75) is 24.8 Å². The zero-order chi connectivity index (χ0) is 20.3. The molecule has 1 aromatic heterocycles. The molecule has 0 aliphatic heterocycles. The van der Waals surface area contributed by atoms with E-state index < -0.39 is 9.84 Å². The molecule has 0 fully saturated rings. The second kappa shape index (κ2) is 7.90. The molecule has 0 aliphatic rings. The maximum absolute atomic E-state index is 11.6. The first-order chi connectivity index (χ1) is 13.2. The Balaban J connectivity index is 1.97. The molecule has 2 aromatic carbocycles. The van der Waals surface area contributed by atoms with Gasteiger partial charge >= 0.3 is 0 Å². The number of ether oxygens (including phenoxy) is 2. The fourth-order valence-electron chi connectivity index (χ4n) is 2.63. The number of nitrogens with one attached hydrogen (secondary N) is 1. The molecular weight excluding hydrogens is 378 g/mol. The highest BCUT2D eigenvalue weighted by molar-refractivity contribution is 7.90. The topological polar surface area (TPSA) is 85.5 Å². The van der Waals surface area contributed by atoms with Crippen molar-refractivity contribution < 1.29 is 17.9 Å². The van der Waals surface area contributed by atoms with E-state index in [1.807, 2.05) is 19.9 Å². The lowest BCUT2D eigenvalue weighted by Gasteiger charge is -2.14. The summed E-state index contributed by atoms with van der Waals surface area (Å²) >= 11 is 0. The maximum Gasteiger partial charge on any atom is 0.248 e. The fraction of sp³-hybridized carbons (Fsp3) is 0.190. The van der Waals surface area contributed by atoms with E-state index in [-0.39, 0.29) is 16.6 Å². The molecule has 146 valence electrons. The molecular formula is C21H21NO5S. The lowest BCUT2D eigenvalue weighted by atomic mass is 10.1. The number of aromatic nitrogens is 1. The summed E-state index contributed by atoms with van der Waals surface area (Å²) in [4.78, 5) is 14.7. The normalized spacial score (nSPS) is 11.4. The first kappa shape index (κ1) is 19.7. The van der Waals surface area contributed by atoms with Crippen molar-refractivity contribution in [1.29, 1.82) is 0 Å². The summed E-state index contributed by atoms with van der Waals surface area (Å²) in [6.07, 6.45) is 1.12. The van der Waals surface area contributed by atoms with Crippen LogP contribution < -0.4 is 15.0 Å². The Morgan fingerprint density at radius 1 is 0.893 bits per heavy atom. The smallest absolute Gasteiger partial charge is 0.248 e. The van der Waals surface area contributed by atoms with Gasteiger partial charge in [0.2, 0.25) is 5.56 Å². The third-order valence-corrected chi connectivity index (χ3v) is 4.95. The standard InChI is InChI=1S/C21H21NO5S/c1-14(2)26-17-11-15(20-5-4-6-21(23)22-20)12-18(13-17)27-16-7-9-19(10-8-16)28(3,24)25/h4-14H,1-3H3,(H,22,23). The van der Waals surface area contributed by atoms with Gasteiger partial charge in [0.15, 0.2) is 9.84 Å². The van der Waals surface area contributed by atoms with Gasteiger partial charge in [-0.15, -0.1) is 0 Å². The first-order valence-electron chi connectivity index (χ1n) is 8.70. The monoisotopic (exact) mass is 399 g/mol. The van der Waals surface area contributed by atoms with Crippen LogP contribution in [0.2, 0.25) is 0 Å². The molecule has 1 heterocycles.